The van der Waals surface area contributed by atoms with Crippen LogP contribution in [0.2, 0.25) is 0 Å². The predicted molar refractivity (Wildman–Crippen MR) is 91.4 cm³/mol. The van der Waals surface area contributed by atoms with Crippen LogP contribution < -0.4 is 15.6 Å². The second-order valence-electron chi connectivity index (χ2n) is 4.54. The van der Waals surface area contributed by atoms with Crippen molar-refractivity contribution in [3.63, 3.8) is 0 Å². The summed E-state index contributed by atoms with van der Waals surface area (Å²) in [7, 11) is 0. The van der Waals surface area contributed by atoms with E-state index in [-0.39, 0.29) is 12.5 Å². The number of ether oxygens (including phenoxy) is 1. The molecule has 0 radical (unpaired) electrons. The van der Waals surface area contributed by atoms with E-state index in [1.165, 1.54) is 0 Å². The summed E-state index contributed by atoms with van der Waals surface area (Å²) < 4.78 is 6.20. The van der Waals surface area contributed by atoms with Gasteiger partial charge in [0.1, 0.15) is 5.75 Å². The van der Waals surface area contributed by atoms with Crippen molar-refractivity contribution in [3.05, 3.63) is 63.2 Å². The maximum absolute atomic E-state index is 11.9. The topological polar surface area (TPSA) is 67.4 Å². The molecule has 0 spiro atoms. The van der Waals surface area contributed by atoms with Crippen molar-refractivity contribution >= 4 is 34.4 Å². The molecule has 114 valence electrons. The minimum absolute atomic E-state index is 0.170. The Hall–Kier alpha value is -2.09. The second-order valence-corrected chi connectivity index (χ2v) is 5.70. The zero-order valence-corrected chi connectivity index (χ0v) is 14.1. The number of hydrazine groups is 1. The van der Waals surface area contributed by atoms with E-state index < -0.39 is 5.91 Å². The zero-order chi connectivity index (χ0) is 15.9. The van der Waals surface area contributed by atoms with E-state index in [1.807, 2.05) is 37.3 Å². The highest BCUT2D eigenvalue weighted by molar-refractivity contribution is 14.1. The largest absolute Gasteiger partial charge is 0.483 e. The molecule has 22 heavy (non-hydrogen) atoms. The van der Waals surface area contributed by atoms with Gasteiger partial charge in [-0.25, -0.2) is 0 Å². The van der Waals surface area contributed by atoms with Crippen molar-refractivity contribution in [1.29, 1.82) is 0 Å². The van der Waals surface area contributed by atoms with Crippen LogP contribution in [0.4, 0.5) is 0 Å². The predicted octanol–water partition coefficient (Wildman–Crippen LogP) is 2.44. The first-order valence-electron chi connectivity index (χ1n) is 6.60. The summed E-state index contributed by atoms with van der Waals surface area (Å²) in [5, 5.41) is 0. The Morgan fingerprint density at radius 2 is 1.73 bits per heavy atom. The molecular formula is C16H15IN2O3. The number of halogens is 1. The lowest BCUT2D eigenvalue weighted by molar-refractivity contribution is -0.123. The summed E-state index contributed by atoms with van der Waals surface area (Å²) in [5.74, 6) is -0.154. The third-order valence-corrected chi connectivity index (χ3v) is 3.83. The van der Waals surface area contributed by atoms with Crippen LogP contribution in [0.5, 0.6) is 5.75 Å². The first-order chi connectivity index (χ1) is 10.6. The van der Waals surface area contributed by atoms with Crippen molar-refractivity contribution in [3.8, 4) is 5.75 Å². The molecule has 0 aliphatic heterocycles. The Morgan fingerprint density at radius 1 is 1.05 bits per heavy atom. The van der Waals surface area contributed by atoms with Gasteiger partial charge in [0.15, 0.2) is 6.61 Å². The Balaban J connectivity index is 1.82. The number of aryl methyl sites for hydroxylation is 1. The average Bonchev–Trinajstić information content (AvgIpc) is 2.52. The van der Waals surface area contributed by atoms with E-state index in [0.29, 0.717) is 11.3 Å². The third-order valence-electron chi connectivity index (χ3n) is 2.89. The van der Waals surface area contributed by atoms with Crippen LogP contribution >= 0.6 is 22.6 Å². The highest BCUT2D eigenvalue weighted by Gasteiger charge is 2.10. The van der Waals surface area contributed by atoms with E-state index in [0.717, 1.165) is 9.13 Å². The average molecular weight is 410 g/mol. The first kappa shape index (κ1) is 16.3. The van der Waals surface area contributed by atoms with E-state index >= 15 is 0 Å². The zero-order valence-electron chi connectivity index (χ0n) is 11.9. The Kier molecular flexibility index (Phi) is 5.76. The molecule has 0 saturated heterocycles. The summed E-state index contributed by atoms with van der Waals surface area (Å²) in [6.07, 6.45) is 0. The van der Waals surface area contributed by atoms with Gasteiger partial charge >= 0.3 is 0 Å². The number of rotatable bonds is 4. The lowest BCUT2D eigenvalue weighted by Crippen LogP contribution is -2.44. The first-order valence-corrected chi connectivity index (χ1v) is 7.68. The van der Waals surface area contributed by atoms with Crippen LogP contribution in [0.25, 0.3) is 0 Å². The number of para-hydroxylation sites is 1. The molecule has 0 unspecified atom stereocenters. The number of benzene rings is 2. The maximum Gasteiger partial charge on any atom is 0.276 e. The molecule has 2 aromatic rings. The minimum Gasteiger partial charge on any atom is -0.483 e. The number of nitrogens with one attached hydrogen (secondary N) is 2. The summed E-state index contributed by atoms with van der Waals surface area (Å²) >= 11 is 2.06. The van der Waals surface area contributed by atoms with Crippen LogP contribution in [0.3, 0.4) is 0 Å². The molecule has 0 bridgehead atoms. The number of carbonyl (C=O) groups excluding carboxylic acids is 2. The number of hydrogen-bond acceptors (Lipinski definition) is 3. The second kappa shape index (κ2) is 7.79. The van der Waals surface area contributed by atoms with Crippen LogP contribution in [-0.2, 0) is 4.79 Å². The van der Waals surface area contributed by atoms with Crippen molar-refractivity contribution in [2.75, 3.05) is 6.61 Å². The van der Waals surface area contributed by atoms with Crippen molar-refractivity contribution in [2.45, 2.75) is 6.92 Å². The molecule has 2 rings (SSSR count). The van der Waals surface area contributed by atoms with Gasteiger partial charge in [-0.05, 0) is 53.3 Å². The van der Waals surface area contributed by atoms with Gasteiger partial charge in [0.25, 0.3) is 11.8 Å². The number of carbonyl (C=O) groups is 2. The lowest BCUT2D eigenvalue weighted by atomic mass is 10.2. The van der Waals surface area contributed by atoms with Gasteiger partial charge < -0.3 is 4.74 Å². The van der Waals surface area contributed by atoms with Crippen molar-refractivity contribution in [1.82, 2.24) is 10.9 Å². The van der Waals surface area contributed by atoms with Crippen LogP contribution in [0.15, 0.2) is 48.5 Å². The standard InChI is InChI=1S/C16H15IN2O3/c1-11-6-2-5-9-14(11)22-10-15(20)18-19-16(21)12-7-3-4-8-13(12)17/h2-9H,10H2,1H3,(H,18,20)(H,19,21). The molecule has 2 N–H and O–H groups in total. The van der Waals surface area contributed by atoms with Gasteiger partial charge in [-0.3, -0.25) is 20.4 Å². The fraction of sp³-hybridized carbons (Fsp3) is 0.125. The SMILES string of the molecule is Cc1ccccc1OCC(=O)NNC(=O)c1ccccc1I. The molecule has 0 aromatic heterocycles. The normalized spacial score (nSPS) is 9.91. The fourth-order valence-corrected chi connectivity index (χ4v) is 2.37. The molecule has 2 amide bonds. The summed E-state index contributed by atoms with van der Waals surface area (Å²) in [5.41, 5.74) is 6.14. The number of hydrogen-bond donors (Lipinski definition) is 2. The van der Waals surface area contributed by atoms with E-state index in [2.05, 4.69) is 33.4 Å². The molecule has 6 heteroatoms. The molecule has 0 atom stereocenters. The van der Waals surface area contributed by atoms with Crippen molar-refractivity contribution < 1.29 is 14.3 Å². The highest BCUT2D eigenvalue weighted by Crippen LogP contribution is 2.15. The molecule has 0 saturated carbocycles. The quantitative estimate of drug-likeness (QED) is 0.601. The van der Waals surface area contributed by atoms with Gasteiger partial charge in [0.05, 0.1) is 5.56 Å². The molecule has 5 nitrogen and oxygen atoms in total. The smallest absolute Gasteiger partial charge is 0.276 e. The van der Waals surface area contributed by atoms with Crippen LogP contribution in [0.1, 0.15) is 15.9 Å². The van der Waals surface area contributed by atoms with Gasteiger partial charge in [-0.2, -0.15) is 0 Å². The van der Waals surface area contributed by atoms with E-state index in [1.54, 1.807) is 18.2 Å². The molecular weight excluding hydrogens is 395 g/mol. The van der Waals surface area contributed by atoms with Crippen LogP contribution in [-0.4, -0.2) is 18.4 Å². The Labute approximate surface area is 142 Å². The third kappa shape index (κ3) is 4.45. The minimum atomic E-state index is -0.428. The van der Waals surface area contributed by atoms with Gasteiger partial charge in [0, 0.05) is 3.57 Å². The van der Waals surface area contributed by atoms with Gasteiger partial charge in [-0.15, -0.1) is 0 Å². The van der Waals surface area contributed by atoms with Gasteiger partial charge in [-0.1, -0.05) is 30.3 Å². The van der Waals surface area contributed by atoms with E-state index in [9.17, 15) is 9.59 Å². The van der Waals surface area contributed by atoms with Gasteiger partial charge in [0.2, 0.25) is 0 Å². The molecule has 0 heterocycles. The highest BCUT2D eigenvalue weighted by atomic mass is 127. The summed E-state index contributed by atoms with van der Waals surface area (Å²) in [6.45, 7) is 1.73. The monoisotopic (exact) mass is 410 g/mol. The lowest BCUT2D eigenvalue weighted by Gasteiger charge is -2.10. The maximum atomic E-state index is 11.9. The summed E-state index contributed by atoms with van der Waals surface area (Å²) in [6, 6.07) is 14.5. The fourth-order valence-electron chi connectivity index (χ4n) is 1.74. The number of amides is 2. The molecule has 0 aliphatic rings. The van der Waals surface area contributed by atoms with E-state index in [4.69, 9.17) is 4.74 Å². The summed E-state index contributed by atoms with van der Waals surface area (Å²) in [4.78, 5) is 23.6. The van der Waals surface area contributed by atoms with Crippen molar-refractivity contribution in [2.24, 2.45) is 0 Å². The Bertz CT molecular complexity index is 689. The van der Waals surface area contributed by atoms with Crippen LogP contribution in [0, 0.1) is 10.5 Å². The molecule has 0 aliphatic carbocycles. The molecule has 0 fully saturated rings. The molecule has 2 aromatic carbocycles. The Morgan fingerprint density at radius 3 is 2.45 bits per heavy atom.